The van der Waals surface area contributed by atoms with E-state index in [9.17, 15) is 4.79 Å². The van der Waals surface area contributed by atoms with Crippen LogP contribution in [0.2, 0.25) is 0 Å². The highest BCUT2D eigenvalue weighted by Gasteiger charge is 2.18. The van der Waals surface area contributed by atoms with Crippen LogP contribution < -0.4 is 27.0 Å². The van der Waals surface area contributed by atoms with Gasteiger partial charge < -0.3 is 36.5 Å². The monoisotopic (exact) mass is 576 g/mol. The van der Waals surface area contributed by atoms with Gasteiger partial charge in [0.05, 0.1) is 26.4 Å². The molecular formula is C31H44N8O3. The van der Waals surface area contributed by atoms with E-state index in [2.05, 4.69) is 55.3 Å². The molecule has 1 fully saturated rings. The van der Waals surface area contributed by atoms with Crippen LogP contribution in [-0.4, -0.2) is 66.9 Å². The first kappa shape index (κ1) is 31.1. The third-order valence-corrected chi connectivity index (χ3v) is 7.16. The number of nitrogens with zero attached hydrogens (tertiary/aromatic N) is 3. The van der Waals surface area contributed by atoms with Crippen molar-refractivity contribution in [3.63, 3.8) is 0 Å². The Balaban J connectivity index is 1.36. The summed E-state index contributed by atoms with van der Waals surface area (Å²) < 4.78 is 10.7. The van der Waals surface area contributed by atoms with Gasteiger partial charge in [0.25, 0.3) is 5.91 Å². The predicted molar refractivity (Wildman–Crippen MR) is 166 cm³/mol. The second-order valence-corrected chi connectivity index (χ2v) is 10.6. The van der Waals surface area contributed by atoms with Crippen molar-refractivity contribution in [2.45, 2.75) is 39.2 Å². The van der Waals surface area contributed by atoms with Crippen molar-refractivity contribution in [1.82, 2.24) is 20.3 Å². The molecule has 3 aromatic rings. The molecule has 1 heterocycles. The molecule has 1 aliphatic carbocycles. The van der Waals surface area contributed by atoms with E-state index in [0.29, 0.717) is 81.1 Å². The van der Waals surface area contributed by atoms with Gasteiger partial charge in [-0.1, -0.05) is 56.2 Å². The second kappa shape index (κ2) is 17.2. The van der Waals surface area contributed by atoms with Crippen LogP contribution in [0.4, 0.5) is 23.5 Å². The molecule has 0 atom stereocenters. The van der Waals surface area contributed by atoms with Gasteiger partial charge in [-0.3, -0.25) is 4.79 Å². The number of amides is 1. The number of carbonyl (C=O) groups excluding carboxylic acids is 1. The molecule has 6 N–H and O–H groups in total. The second-order valence-electron chi connectivity index (χ2n) is 10.6. The van der Waals surface area contributed by atoms with Crippen LogP contribution in [0.25, 0.3) is 0 Å². The van der Waals surface area contributed by atoms with Crippen molar-refractivity contribution < 1.29 is 14.3 Å². The average molecular weight is 577 g/mol. The van der Waals surface area contributed by atoms with Crippen molar-refractivity contribution in [2.24, 2.45) is 17.6 Å². The third-order valence-electron chi connectivity index (χ3n) is 7.16. The van der Waals surface area contributed by atoms with Crippen LogP contribution in [0.3, 0.4) is 0 Å². The lowest BCUT2D eigenvalue weighted by Crippen LogP contribution is -2.27. The van der Waals surface area contributed by atoms with E-state index in [0.717, 1.165) is 18.0 Å². The number of hydrogen-bond donors (Lipinski definition) is 5. The van der Waals surface area contributed by atoms with E-state index in [1.165, 1.54) is 25.7 Å². The SMILES string of the molecule is CC1CCC(CNc2nc(NCc3ccccc3)nc(Nc3cccc(C(=O)NCCOCCOCCN)c3)n2)CC1. The molecule has 11 nitrogen and oxygen atoms in total. The molecule has 1 aliphatic rings. The minimum atomic E-state index is -0.188. The Kier molecular flexibility index (Phi) is 12.8. The molecular weight excluding hydrogens is 532 g/mol. The Morgan fingerprint density at radius 3 is 2.33 bits per heavy atom. The Hall–Kier alpha value is -3.80. The molecule has 11 heteroatoms. The highest BCUT2D eigenvalue weighted by molar-refractivity contribution is 5.95. The summed E-state index contributed by atoms with van der Waals surface area (Å²) >= 11 is 0. The zero-order valence-electron chi connectivity index (χ0n) is 24.5. The van der Waals surface area contributed by atoms with Crippen LogP contribution in [-0.2, 0) is 16.0 Å². The van der Waals surface area contributed by atoms with E-state index in [4.69, 9.17) is 15.2 Å². The molecule has 0 aliphatic heterocycles. The maximum Gasteiger partial charge on any atom is 0.251 e. The van der Waals surface area contributed by atoms with Crippen molar-refractivity contribution in [3.8, 4) is 0 Å². The first-order chi connectivity index (χ1) is 20.6. The lowest BCUT2D eigenvalue weighted by atomic mass is 9.83. The van der Waals surface area contributed by atoms with Gasteiger partial charge in [0.2, 0.25) is 17.8 Å². The van der Waals surface area contributed by atoms with E-state index < -0.39 is 0 Å². The molecule has 42 heavy (non-hydrogen) atoms. The molecule has 1 amide bonds. The van der Waals surface area contributed by atoms with Gasteiger partial charge in [0.15, 0.2) is 0 Å². The minimum absolute atomic E-state index is 0.188. The summed E-state index contributed by atoms with van der Waals surface area (Å²) in [7, 11) is 0. The number of nitrogens with two attached hydrogens (primary N) is 1. The maximum absolute atomic E-state index is 12.7. The fourth-order valence-corrected chi connectivity index (χ4v) is 4.75. The summed E-state index contributed by atoms with van der Waals surface area (Å²) in [5.41, 5.74) is 7.73. The van der Waals surface area contributed by atoms with Crippen LogP contribution in [0.5, 0.6) is 0 Å². The first-order valence-electron chi connectivity index (χ1n) is 14.9. The Bertz CT molecular complexity index is 1220. The van der Waals surface area contributed by atoms with Crippen molar-refractivity contribution in [2.75, 3.05) is 62.0 Å². The van der Waals surface area contributed by atoms with E-state index in [1.807, 2.05) is 30.3 Å². The van der Waals surface area contributed by atoms with Crippen LogP contribution >= 0.6 is 0 Å². The normalized spacial score (nSPS) is 16.5. The predicted octanol–water partition coefficient (Wildman–Crippen LogP) is 4.19. The van der Waals surface area contributed by atoms with Gasteiger partial charge in [0, 0.05) is 37.4 Å². The Labute approximate surface area is 248 Å². The molecule has 4 rings (SSSR count). The quantitative estimate of drug-likeness (QED) is 0.148. The number of rotatable bonds is 17. The van der Waals surface area contributed by atoms with Gasteiger partial charge in [0.1, 0.15) is 0 Å². The molecule has 0 bridgehead atoms. The lowest BCUT2D eigenvalue weighted by molar-refractivity contribution is 0.0511. The van der Waals surface area contributed by atoms with Crippen molar-refractivity contribution >= 4 is 29.4 Å². The summed E-state index contributed by atoms with van der Waals surface area (Å²) in [6, 6.07) is 17.3. The van der Waals surface area contributed by atoms with Crippen molar-refractivity contribution in [3.05, 3.63) is 65.7 Å². The molecule has 0 spiro atoms. The smallest absolute Gasteiger partial charge is 0.251 e. The first-order valence-corrected chi connectivity index (χ1v) is 14.9. The number of nitrogens with one attached hydrogen (secondary N) is 4. The zero-order valence-corrected chi connectivity index (χ0v) is 24.5. The largest absolute Gasteiger partial charge is 0.378 e. The number of anilines is 4. The average Bonchev–Trinajstić information content (AvgIpc) is 3.01. The number of carbonyl (C=O) groups is 1. The lowest BCUT2D eigenvalue weighted by Gasteiger charge is -2.26. The standard InChI is InChI=1S/C31H44N8O3/c1-23-10-12-25(13-11-23)22-35-30-37-29(34-21-24-6-3-2-4-7-24)38-31(39-30)36-27-9-5-8-26(20-27)28(40)33-15-17-42-19-18-41-16-14-32/h2-9,20,23,25H,10-19,21-22,32H2,1H3,(H,33,40)(H3,34,35,36,37,38,39). The molecule has 0 saturated heterocycles. The van der Waals surface area contributed by atoms with E-state index in [-0.39, 0.29) is 5.91 Å². The molecule has 1 aromatic heterocycles. The summed E-state index contributed by atoms with van der Waals surface area (Å²) in [6.45, 7) is 6.48. The third kappa shape index (κ3) is 10.9. The van der Waals surface area contributed by atoms with Gasteiger partial charge in [-0.25, -0.2) is 0 Å². The van der Waals surface area contributed by atoms with E-state index >= 15 is 0 Å². The fourth-order valence-electron chi connectivity index (χ4n) is 4.75. The van der Waals surface area contributed by atoms with E-state index in [1.54, 1.807) is 12.1 Å². The van der Waals surface area contributed by atoms with Crippen molar-refractivity contribution in [1.29, 1.82) is 0 Å². The van der Waals surface area contributed by atoms with Crippen LogP contribution in [0, 0.1) is 11.8 Å². The molecule has 0 unspecified atom stereocenters. The number of ether oxygens (including phenoxy) is 2. The maximum atomic E-state index is 12.7. The number of hydrogen-bond acceptors (Lipinski definition) is 10. The molecule has 1 saturated carbocycles. The van der Waals surface area contributed by atoms with Gasteiger partial charge in [-0.05, 0) is 48.4 Å². The summed E-state index contributed by atoms with van der Waals surface area (Å²) in [4.78, 5) is 26.6. The Morgan fingerprint density at radius 1 is 0.857 bits per heavy atom. The summed E-state index contributed by atoms with van der Waals surface area (Å²) in [5.74, 6) is 2.61. The topological polar surface area (TPSA) is 148 Å². The highest BCUT2D eigenvalue weighted by atomic mass is 16.5. The number of aromatic nitrogens is 3. The summed E-state index contributed by atoms with van der Waals surface area (Å²) in [6.07, 6.45) is 4.96. The summed E-state index contributed by atoms with van der Waals surface area (Å²) in [5, 5.41) is 12.9. The van der Waals surface area contributed by atoms with Gasteiger partial charge in [-0.2, -0.15) is 15.0 Å². The van der Waals surface area contributed by atoms with Crippen LogP contribution in [0.15, 0.2) is 54.6 Å². The minimum Gasteiger partial charge on any atom is -0.378 e. The highest BCUT2D eigenvalue weighted by Crippen LogP contribution is 2.28. The molecule has 2 aromatic carbocycles. The van der Waals surface area contributed by atoms with Gasteiger partial charge in [-0.15, -0.1) is 0 Å². The molecule has 226 valence electrons. The zero-order chi connectivity index (χ0) is 29.4. The fraction of sp³-hybridized carbons (Fsp3) is 0.484. The Morgan fingerprint density at radius 2 is 1.57 bits per heavy atom. The van der Waals surface area contributed by atoms with Crippen LogP contribution in [0.1, 0.15) is 48.5 Å². The van der Waals surface area contributed by atoms with Gasteiger partial charge >= 0.3 is 0 Å². The number of benzene rings is 2. The molecule has 0 radical (unpaired) electrons.